The Morgan fingerprint density at radius 1 is 0.457 bits per heavy atom. The standard InChI is InChI=1S/C67H111NO13/c1-3-5-7-9-11-13-15-17-19-21-22-23-24-25-26-27-28-29-30-31-32-33-34-35-37-39-41-43-45-47-49-51-59(72)68-55(56(71)50-48-46-44-42-40-38-36-20-18-16-14-12-10-8-6-4-2)54-78-66-64(77)62(75)65(58(53-70)80-66)81-67-63(76)61(74)60(73)57(52-69)79-67/h5,7,11,13,17-20,22-23,25-26,28-29,31-32,40,42,48,50,55-58,60-67,69-71,73-77H,3-4,6,8-10,12,14-16,21,24,27,30,33-39,41,43-47,49,51-54H2,1-2H3,(H,68,72)/b7-5-,13-11-,19-17-,20-18+,23-22-,26-25-,29-28-,32-31-,42-40+,50-48+. The lowest BCUT2D eigenvalue weighted by molar-refractivity contribution is -0.359. The summed E-state index contributed by atoms with van der Waals surface area (Å²) in [7, 11) is 0. The van der Waals surface area contributed by atoms with Gasteiger partial charge in [0.05, 0.1) is 32.0 Å². The van der Waals surface area contributed by atoms with Gasteiger partial charge >= 0.3 is 0 Å². The lowest BCUT2D eigenvalue weighted by atomic mass is 9.97. The zero-order valence-corrected chi connectivity index (χ0v) is 49.7. The third kappa shape index (κ3) is 36.0. The van der Waals surface area contributed by atoms with Crippen molar-refractivity contribution in [1.82, 2.24) is 5.32 Å². The Hall–Kier alpha value is -3.61. The van der Waals surface area contributed by atoms with Crippen LogP contribution in [0.2, 0.25) is 0 Å². The number of aliphatic hydroxyl groups is 8. The number of aliphatic hydroxyl groups excluding tert-OH is 8. The second kappa shape index (κ2) is 50.9. The van der Waals surface area contributed by atoms with Crippen LogP contribution in [0.1, 0.15) is 200 Å². The molecule has 2 rings (SSSR count). The van der Waals surface area contributed by atoms with E-state index in [4.69, 9.17) is 18.9 Å². The molecule has 0 aliphatic carbocycles. The topological polar surface area (TPSA) is 228 Å². The van der Waals surface area contributed by atoms with Crippen LogP contribution in [0.15, 0.2) is 122 Å². The molecule has 14 heteroatoms. The van der Waals surface area contributed by atoms with Gasteiger partial charge in [0, 0.05) is 6.42 Å². The lowest BCUT2D eigenvalue weighted by Crippen LogP contribution is -2.65. The summed E-state index contributed by atoms with van der Waals surface area (Å²) in [6.07, 6.45) is 56.6. The van der Waals surface area contributed by atoms with E-state index in [0.29, 0.717) is 12.8 Å². The molecule has 2 aliphatic heterocycles. The number of hydrogen-bond donors (Lipinski definition) is 9. The van der Waals surface area contributed by atoms with Crippen LogP contribution in [0.3, 0.4) is 0 Å². The number of allylic oxidation sites excluding steroid dienone is 19. The third-order valence-electron chi connectivity index (χ3n) is 14.4. The molecule has 2 aliphatic rings. The Labute approximate surface area is 488 Å². The van der Waals surface area contributed by atoms with Crippen LogP contribution < -0.4 is 5.32 Å². The highest BCUT2D eigenvalue weighted by atomic mass is 16.7. The Bertz CT molecular complexity index is 1820. The quantitative estimate of drug-likeness (QED) is 0.0204. The average molecular weight is 1140 g/mol. The highest BCUT2D eigenvalue weighted by molar-refractivity contribution is 5.76. The summed E-state index contributed by atoms with van der Waals surface area (Å²) < 4.78 is 22.8. The largest absolute Gasteiger partial charge is 0.394 e. The number of carbonyl (C=O) groups is 1. The van der Waals surface area contributed by atoms with Gasteiger partial charge in [-0.15, -0.1) is 0 Å². The third-order valence-corrected chi connectivity index (χ3v) is 14.4. The van der Waals surface area contributed by atoms with Crippen molar-refractivity contribution in [2.24, 2.45) is 0 Å². The summed E-state index contributed by atoms with van der Waals surface area (Å²) in [5, 5.41) is 87.1. The molecular weight excluding hydrogens is 1030 g/mol. The maximum atomic E-state index is 13.3. The summed E-state index contributed by atoms with van der Waals surface area (Å²) >= 11 is 0. The maximum absolute atomic E-state index is 13.3. The zero-order chi connectivity index (χ0) is 58.8. The predicted molar refractivity (Wildman–Crippen MR) is 327 cm³/mol. The van der Waals surface area contributed by atoms with Gasteiger partial charge in [-0.1, -0.05) is 212 Å². The Kier molecular flexibility index (Phi) is 46.1. The number of ether oxygens (including phenoxy) is 4. The van der Waals surface area contributed by atoms with E-state index in [0.717, 1.165) is 103 Å². The smallest absolute Gasteiger partial charge is 0.220 e. The molecular formula is C67H111NO13. The van der Waals surface area contributed by atoms with E-state index in [1.165, 1.54) is 64.2 Å². The molecule has 0 saturated carbocycles. The van der Waals surface area contributed by atoms with E-state index in [2.05, 4.69) is 129 Å². The number of hydrogen-bond acceptors (Lipinski definition) is 13. The molecule has 2 fully saturated rings. The maximum Gasteiger partial charge on any atom is 0.220 e. The number of carbonyl (C=O) groups excluding carboxylic acids is 1. The fourth-order valence-corrected chi connectivity index (χ4v) is 9.36. The monoisotopic (exact) mass is 1140 g/mol. The molecule has 14 nitrogen and oxygen atoms in total. The number of nitrogens with one attached hydrogen (secondary N) is 1. The summed E-state index contributed by atoms with van der Waals surface area (Å²) in [6.45, 7) is 2.62. The van der Waals surface area contributed by atoms with Crippen LogP contribution in [0.4, 0.5) is 0 Å². The molecule has 1 amide bonds. The molecule has 2 saturated heterocycles. The van der Waals surface area contributed by atoms with Crippen molar-refractivity contribution in [3.05, 3.63) is 122 Å². The first kappa shape index (κ1) is 73.5. The molecule has 0 aromatic carbocycles. The molecule has 0 radical (unpaired) electrons. The van der Waals surface area contributed by atoms with Crippen molar-refractivity contribution < 1.29 is 64.6 Å². The zero-order valence-electron chi connectivity index (χ0n) is 49.7. The first-order valence-electron chi connectivity index (χ1n) is 31.3. The normalized spacial score (nSPS) is 25.0. The minimum Gasteiger partial charge on any atom is -0.394 e. The van der Waals surface area contributed by atoms with Crippen molar-refractivity contribution in [1.29, 1.82) is 0 Å². The number of amides is 1. The van der Waals surface area contributed by atoms with Crippen LogP contribution in [0.5, 0.6) is 0 Å². The van der Waals surface area contributed by atoms with Crippen LogP contribution in [-0.2, 0) is 23.7 Å². The summed E-state index contributed by atoms with van der Waals surface area (Å²) in [5.74, 6) is -0.266. The predicted octanol–water partition coefficient (Wildman–Crippen LogP) is 11.4. The van der Waals surface area contributed by atoms with Gasteiger partial charge in [0.2, 0.25) is 5.91 Å². The van der Waals surface area contributed by atoms with Crippen molar-refractivity contribution in [3.63, 3.8) is 0 Å². The van der Waals surface area contributed by atoms with Crippen molar-refractivity contribution >= 4 is 5.91 Å². The summed E-state index contributed by atoms with van der Waals surface area (Å²) in [6, 6.07) is -0.950. The Morgan fingerprint density at radius 2 is 0.864 bits per heavy atom. The van der Waals surface area contributed by atoms with Gasteiger partial charge in [0.1, 0.15) is 48.8 Å². The van der Waals surface area contributed by atoms with Crippen molar-refractivity contribution in [3.8, 4) is 0 Å². The molecule has 0 aromatic heterocycles. The molecule has 81 heavy (non-hydrogen) atoms. The first-order valence-corrected chi connectivity index (χ1v) is 31.3. The van der Waals surface area contributed by atoms with Crippen LogP contribution in [0, 0.1) is 0 Å². The molecule has 0 bridgehead atoms. The molecule has 0 aromatic rings. The molecule has 12 unspecified atom stereocenters. The second-order valence-corrected chi connectivity index (χ2v) is 21.4. The van der Waals surface area contributed by atoms with Gasteiger partial charge < -0.3 is 65.1 Å². The van der Waals surface area contributed by atoms with Gasteiger partial charge in [-0.25, -0.2) is 0 Å². The van der Waals surface area contributed by atoms with Gasteiger partial charge in [-0.05, 0) is 103 Å². The minimum absolute atomic E-state index is 0.254. The lowest BCUT2D eigenvalue weighted by Gasteiger charge is -2.46. The molecule has 2 heterocycles. The highest BCUT2D eigenvalue weighted by Gasteiger charge is 2.51. The van der Waals surface area contributed by atoms with Gasteiger partial charge in [0.15, 0.2) is 12.6 Å². The van der Waals surface area contributed by atoms with Crippen molar-refractivity contribution in [2.75, 3.05) is 19.8 Å². The van der Waals surface area contributed by atoms with E-state index in [-0.39, 0.29) is 18.9 Å². The minimum atomic E-state index is -1.80. The van der Waals surface area contributed by atoms with Gasteiger partial charge in [-0.3, -0.25) is 4.79 Å². The number of rotatable bonds is 48. The Balaban J connectivity index is 1.73. The van der Waals surface area contributed by atoms with Gasteiger partial charge in [0.25, 0.3) is 0 Å². The molecule has 462 valence electrons. The number of unbranched alkanes of at least 4 members (excludes halogenated alkanes) is 17. The highest BCUT2D eigenvalue weighted by Crippen LogP contribution is 2.30. The summed E-state index contributed by atoms with van der Waals surface area (Å²) in [4.78, 5) is 13.3. The summed E-state index contributed by atoms with van der Waals surface area (Å²) in [5.41, 5.74) is 0. The average Bonchev–Trinajstić information content (AvgIpc) is 3.47. The van der Waals surface area contributed by atoms with Crippen LogP contribution in [-0.4, -0.2) is 140 Å². The molecule has 0 spiro atoms. The van der Waals surface area contributed by atoms with E-state index < -0.39 is 86.8 Å². The fourth-order valence-electron chi connectivity index (χ4n) is 9.36. The second-order valence-electron chi connectivity index (χ2n) is 21.4. The van der Waals surface area contributed by atoms with E-state index in [9.17, 15) is 45.6 Å². The first-order chi connectivity index (χ1) is 39.6. The fraction of sp³-hybridized carbons (Fsp3) is 0.687. The van der Waals surface area contributed by atoms with Gasteiger partial charge in [-0.2, -0.15) is 0 Å². The van der Waals surface area contributed by atoms with E-state index in [1.807, 2.05) is 6.08 Å². The molecule has 12 atom stereocenters. The molecule has 9 N–H and O–H groups in total. The van der Waals surface area contributed by atoms with Crippen LogP contribution >= 0.6 is 0 Å². The van der Waals surface area contributed by atoms with E-state index >= 15 is 0 Å². The Morgan fingerprint density at radius 3 is 1.36 bits per heavy atom. The van der Waals surface area contributed by atoms with E-state index in [1.54, 1.807) is 6.08 Å². The van der Waals surface area contributed by atoms with Crippen LogP contribution in [0.25, 0.3) is 0 Å². The SMILES string of the molecule is CC/C=C\C/C=C\C/C=C\C/C=C\C/C=C\C/C=C\C/C=C\CCCCCCCCCCCC(=O)NC(COC1OC(CO)C(OC2OC(CO)C(O)C(O)C2O)C(O)C1O)C(O)/C=C/CC/C=C/CC/C=C/CCCCCCCC. The van der Waals surface area contributed by atoms with Crippen molar-refractivity contribution in [2.45, 2.75) is 274 Å².